The normalized spacial score (nSPS) is 30.7. The van der Waals surface area contributed by atoms with Crippen LogP contribution in [0.3, 0.4) is 0 Å². The highest BCUT2D eigenvalue weighted by Gasteiger charge is 2.48. The Morgan fingerprint density at radius 1 is 1.07 bits per heavy atom. The van der Waals surface area contributed by atoms with Gasteiger partial charge in [-0.05, 0) is 79.2 Å². The molecule has 7 nitrogen and oxygen atoms in total. The van der Waals surface area contributed by atoms with Gasteiger partial charge in [-0.3, -0.25) is 4.79 Å². The highest BCUT2D eigenvalue weighted by Crippen LogP contribution is 2.42. The molecule has 0 radical (unpaired) electrons. The maximum atomic E-state index is 14.0. The number of hydrogen-bond donors (Lipinski definition) is 5. The molecule has 4 aliphatic rings. The summed E-state index contributed by atoms with van der Waals surface area (Å²) in [6, 6.07) is -0.127. The van der Waals surface area contributed by atoms with E-state index in [-0.39, 0.29) is 29.6 Å². The molecule has 0 amide bonds. The van der Waals surface area contributed by atoms with Gasteiger partial charge in [-0.2, -0.15) is 0 Å². The molecule has 5 N–H and O–H groups in total. The lowest BCUT2D eigenvalue weighted by Crippen LogP contribution is -2.39. The lowest BCUT2D eigenvalue weighted by Gasteiger charge is -2.27. The van der Waals surface area contributed by atoms with Gasteiger partial charge >= 0.3 is 0 Å². The van der Waals surface area contributed by atoms with Gasteiger partial charge in [0.05, 0.1) is 17.3 Å². The number of rotatable bonds is 5. The third-order valence-electron chi connectivity index (χ3n) is 10.1. The van der Waals surface area contributed by atoms with Crippen LogP contribution in [0.2, 0.25) is 0 Å². The number of aromatic amines is 2. The first-order valence-corrected chi connectivity index (χ1v) is 14.9. The van der Waals surface area contributed by atoms with E-state index >= 15 is 0 Å². The van der Waals surface area contributed by atoms with Gasteiger partial charge in [0.1, 0.15) is 0 Å². The molecule has 41 heavy (non-hydrogen) atoms. The first kappa shape index (κ1) is 27.6. The number of hydrogen-bond acceptors (Lipinski definition) is 5. The van der Waals surface area contributed by atoms with Crippen LogP contribution in [0, 0.1) is 37.5 Å². The molecule has 1 fully saturated rings. The number of aliphatic hydroxyl groups excluding tert-OH is 1. The Morgan fingerprint density at radius 3 is 2.49 bits per heavy atom. The van der Waals surface area contributed by atoms with E-state index in [2.05, 4.69) is 80.0 Å². The summed E-state index contributed by atoms with van der Waals surface area (Å²) in [5, 5.41) is 20.3. The molecule has 6 atom stereocenters. The summed E-state index contributed by atoms with van der Waals surface area (Å²) in [5.41, 5.74) is 11.6. The zero-order valence-electron chi connectivity index (χ0n) is 25.2. The lowest BCUT2D eigenvalue weighted by molar-refractivity contribution is -0.0894. The number of aliphatic hydroxyl groups is 1. The third-order valence-corrected chi connectivity index (χ3v) is 10.1. The fraction of sp³-hybridized carbons (Fsp3) is 0.441. The Morgan fingerprint density at radius 2 is 1.83 bits per heavy atom. The van der Waals surface area contributed by atoms with Crippen molar-refractivity contribution in [3.8, 4) is 0 Å². The average Bonchev–Trinajstić information content (AvgIpc) is 3.69. The fourth-order valence-electron chi connectivity index (χ4n) is 7.68. The Hall–Kier alpha value is -3.55. The van der Waals surface area contributed by atoms with Crippen LogP contribution >= 0.6 is 0 Å². The van der Waals surface area contributed by atoms with Crippen LogP contribution in [0.5, 0.6) is 0 Å². The summed E-state index contributed by atoms with van der Waals surface area (Å²) >= 11 is 0. The van der Waals surface area contributed by atoms with Crippen LogP contribution in [-0.4, -0.2) is 40.3 Å². The number of allylic oxidation sites excluding steroid dienone is 3. The molecule has 1 saturated heterocycles. The van der Waals surface area contributed by atoms with Crippen molar-refractivity contribution in [2.24, 2.45) is 23.7 Å². The predicted octanol–water partition coefficient (Wildman–Crippen LogP) is 3.83. The van der Waals surface area contributed by atoms with Gasteiger partial charge in [-0.25, -0.2) is 0 Å². The summed E-state index contributed by atoms with van der Waals surface area (Å²) in [4.78, 5) is 21.3. The van der Waals surface area contributed by atoms with Gasteiger partial charge in [0.2, 0.25) is 0 Å². The van der Waals surface area contributed by atoms with Crippen LogP contribution in [0.4, 0.5) is 0 Å². The van der Waals surface area contributed by atoms with Crippen molar-refractivity contribution in [3.63, 3.8) is 0 Å². The maximum absolute atomic E-state index is 14.0. The minimum absolute atomic E-state index is 0.0860. The Labute approximate surface area is 241 Å². The first-order valence-electron chi connectivity index (χ1n) is 14.9. The molecule has 7 heteroatoms. The standard InChI is InChI=1S/C34H42N4O3/c1-9-19-15(4)22-12-24-17(6)21(11-3)31(37-24)29-30(34(40)41-8)33(39)28-18(7)25(38-32(28)29)14-27-20(10-2)16(5)23(36-27)13-26(19)35-22/h9,12-14,17,19,21,30-31,34-38,40H,1,10-11H2,2-8H3/b24-12-,25-14-,26-13-/t17-,19+,21-,30+,31?,34?/m0/s1. The minimum atomic E-state index is -1.22. The number of fused-ring (bicyclic) bond motifs is 8. The second kappa shape index (κ2) is 10.1. The smallest absolute Gasteiger partial charge is 0.177 e. The zero-order valence-corrected chi connectivity index (χ0v) is 25.2. The molecule has 2 aromatic heterocycles. The number of carbonyl (C=O) groups excluding carboxylic acids is 1. The predicted molar refractivity (Wildman–Crippen MR) is 163 cm³/mol. The van der Waals surface area contributed by atoms with E-state index in [1.54, 1.807) is 0 Å². The van der Waals surface area contributed by atoms with E-state index in [9.17, 15) is 9.90 Å². The lowest BCUT2D eigenvalue weighted by atomic mass is 9.81. The quantitative estimate of drug-likeness (QED) is 0.286. The van der Waals surface area contributed by atoms with E-state index in [0.29, 0.717) is 5.56 Å². The van der Waals surface area contributed by atoms with E-state index in [4.69, 9.17) is 4.74 Å². The van der Waals surface area contributed by atoms with Gasteiger partial charge in [0, 0.05) is 58.3 Å². The SMILES string of the molecule is C=C[C@@H]1C(C)=C2/C=C3\NC(C4=c5[nH]/c(c(C)c5C(=O)[C@@H]4C(O)OC)=C\c4[nH]c(c(C)c4CC)/C=C/1N2)[C@@H](CC)[C@@H]3C. The largest absolute Gasteiger partial charge is 0.381 e. The Kier molecular flexibility index (Phi) is 6.78. The van der Waals surface area contributed by atoms with E-state index in [1.165, 1.54) is 23.8 Å². The van der Waals surface area contributed by atoms with Crippen molar-refractivity contribution in [3.05, 3.63) is 85.7 Å². The van der Waals surface area contributed by atoms with Crippen molar-refractivity contribution in [1.29, 1.82) is 0 Å². The van der Waals surface area contributed by atoms with Crippen molar-refractivity contribution in [1.82, 2.24) is 20.6 Å². The van der Waals surface area contributed by atoms with Crippen molar-refractivity contribution in [2.45, 2.75) is 66.7 Å². The topological polar surface area (TPSA) is 102 Å². The molecule has 0 aromatic carbocycles. The number of aromatic nitrogens is 2. The minimum Gasteiger partial charge on any atom is -0.381 e. The van der Waals surface area contributed by atoms with Crippen LogP contribution in [-0.2, 0) is 11.2 Å². The third kappa shape index (κ3) is 3.97. The monoisotopic (exact) mass is 554 g/mol. The van der Waals surface area contributed by atoms with E-state index in [1.807, 2.05) is 13.0 Å². The summed E-state index contributed by atoms with van der Waals surface area (Å²) in [5.74, 6) is -0.294. The van der Waals surface area contributed by atoms with Gasteiger partial charge in [0.25, 0.3) is 0 Å². The number of nitrogens with one attached hydrogen (secondary N) is 4. The summed E-state index contributed by atoms with van der Waals surface area (Å²) in [6.45, 7) is 17.1. The average molecular weight is 555 g/mol. The highest BCUT2D eigenvalue weighted by molar-refractivity contribution is 6.09. The fourth-order valence-corrected chi connectivity index (χ4v) is 7.68. The van der Waals surface area contributed by atoms with Crippen LogP contribution in [0.1, 0.15) is 72.6 Å². The molecule has 0 saturated carbocycles. The molecular formula is C34H42N4O3. The molecule has 8 bridgehead atoms. The van der Waals surface area contributed by atoms with Gasteiger partial charge < -0.3 is 30.4 Å². The number of ketones is 1. The van der Waals surface area contributed by atoms with Crippen molar-refractivity contribution >= 4 is 23.5 Å². The van der Waals surface area contributed by atoms with Crippen molar-refractivity contribution in [2.75, 3.05) is 7.11 Å². The Bertz CT molecular complexity index is 1680. The molecule has 5 heterocycles. The number of ether oxygens (including phenoxy) is 1. The molecule has 216 valence electrons. The molecule has 6 rings (SSSR count). The van der Waals surface area contributed by atoms with Crippen LogP contribution < -0.4 is 21.3 Å². The molecule has 2 aromatic rings. The summed E-state index contributed by atoms with van der Waals surface area (Å²) in [6.07, 6.45) is 9.17. The van der Waals surface area contributed by atoms with E-state index < -0.39 is 12.2 Å². The number of methoxy groups -OCH3 is 1. The molecule has 3 aliphatic heterocycles. The molecule has 0 spiro atoms. The second-order valence-corrected chi connectivity index (χ2v) is 12.0. The number of Topliss-reactive ketones (excluding diaryl/α,β-unsaturated/α-hetero) is 1. The van der Waals surface area contributed by atoms with Crippen LogP contribution in [0.15, 0.2) is 41.4 Å². The zero-order chi connectivity index (χ0) is 29.3. The van der Waals surface area contributed by atoms with Crippen LogP contribution in [0.25, 0.3) is 17.7 Å². The molecule has 2 unspecified atom stereocenters. The molecular weight excluding hydrogens is 512 g/mol. The Balaban J connectivity index is 1.70. The molecule has 1 aliphatic carbocycles. The summed E-state index contributed by atoms with van der Waals surface area (Å²) < 4.78 is 5.39. The van der Waals surface area contributed by atoms with Gasteiger partial charge in [0.15, 0.2) is 12.1 Å². The summed E-state index contributed by atoms with van der Waals surface area (Å²) in [7, 11) is 1.46. The maximum Gasteiger partial charge on any atom is 0.177 e. The second-order valence-electron chi connectivity index (χ2n) is 12.0. The number of H-pyrrole nitrogens is 2. The number of carbonyl (C=O) groups is 1. The van der Waals surface area contributed by atoms with Gasteiger partial charge in [-0.1, -0.05) is 33.3 Å². The van der Waals surface area contributed by atoms with E-state index in [0.717, 1.165) is 63.2 Å². The van der Waals surface area contributed by atoms with Crippen molar-refractivity contribution < 1.29 is 14.6 Å². The highest BCUT2D eigenvalue weighted by atomic mass is 16.6. The van der Waals surface area contributed by atoms with Gasteiger partial charge in [-0.15, -0.1) is 6.58 Å². The first-order chi connectivity index (χ1) is 19.6.